The van der Waals surface area contributed by atoms with Gasteiger partial charge in [0.2, 0.25) is 11.8 Å². The van der Waals surface area contributed by atoms with Crippen LogP contribution in [-0.4, -0.2) is 54.8 Å². The van der Waals surface area contributed by atoms with Gasteiger partial charge in [0.25, 0.3) is 0 Å². The quantitative estimate of drug-likeness (QED) is 0.829. The zero-order valence-corrected chi connectivity index (χ0v) is 14.2. The number of nitrogens with zero attached hydrogens (tertiary/aromatic N) is 2. The fourth-order valence-electron chi connectivity index (χ4n) is 2.08. The molecule has 0 saturated heterocycles. The second-order valence-corrected chi connectivity index (χ2v) is 6.13. The van der Waals surface area contributed by atoms with E-state index in [2.05, 4.69) is 5.32 Å². The maximum atomic E-state index is 12.2. The van der Waals surface area contributed by atoms with E-state index in [0.29, 0.717) is 6.54 Å². The highest BCUT2D eigenvalue weighted by atomic mass is 16.2. The third-order valence-electron chi connectivity index (χ3n) is 3.23. The molecule has 1 N–H and O–H groups in total. The van der Waals surface area contributed by atoms with E-state index in [1.54, 1.807) is 23.9 Å². The topological polar surface area (TPSA) is 52.7 Å². The number of hydrogen-bond donors (Lipinski definition) is 1. The largest absolute Gasteiger partial charge is 0.353 e. The van der Waals surface area contributed by atoms with E-state index in [1.807, 2.05) is 45.0 Å². The van der Waals surface area contributed by atoms with Crippen LogP contribution < -0.4 is 5.32 Å². The first kappa shape index (κ1) is 18.2. The fourth-order valence-corrected chi connectivity index (χ4v) is 2.08. The summed E-state index contributed by atoms with van der Waals surface area (Å²) in [7, 11) is 3.56. The van der Waals surface area contributed by atoms with Crippen molar-refractivity contribution in [3.05, 3.63) is 35.4 Å². The van der Waals surface area contributed by atoms with Gasteiger partial charge in [-0.25, -0.2) is 0 Å². The van der Waals surface area contributed by atoms with Gasteiger partial charge in [0, 0.05) is 19.6 Å². The van der Waals surface area contributed by atoms with E-state index in [1.165, 1.54) is 5.56 Å². The lowest BCUT2D eigenvalue weighted by Gasteiger charge is -2.22. The van der Waals surface area contributed by atoms with Gasteiger partial charge in [0.05, 0.1) is 13.1 Å². The van der Waals surface area contributed by atoms with Crippen LogP contribution in [0.5, 0.6) is 0 Å². The number of aryl methyl sites for hydroxylation is 1. The van der Waals surface area contributed by atoms with Crippen LogP contribution in [0.4, 0.5) is 0 Å². The summed E-state index contributed by atoms with van der Waals surface area (Å²) in [5, 5.41) is 2.82. The Bertz CT molecular complexity index is 497. The highest BCUT2D eigenvalue weighted by molar-refractivity contribution is 5.81. The van der Waals surface area contributed by atoms with Crippen LogP contribution in [-0.2, 0) is 16.1 Å². The van der Waals surface area contributed by atoms with Gasteiger partial charge in [-0.15, -0.1) is 0 Å². The van der Waals surface area contributed by atoms with Crippen molar-refractivity contribution in [3.63, 3.8) is 0 Å². The summed E-state index contributed by atoms with van der Waals surface area (Å²) in [6.45, 7) is 6.90. The van der Waals surface area contributed by atoms with E-state index >= 15 is 0 Å². The Kier molecular flexibility index (Phi) is 7.05. The Hall–Kier alpha value is -1.88. The Balaban J connectivity index is 2.43. The van der Waals surface area contributed by atoms with Crippen LogP contribution in [0, 0.1) is 6.92 Å². The van der Waals surface area contributed by atoms with Crippen molar-refractivity contribution >= 4 is 11.8 Å². The number of carbonyl (C=O) groups is 2. The van der Waals surface area contributed by atoms with Crippen LogP contribution in [0.1, 0.15) is 25.0 Å². The molecule has 1 aromatic carbocycles. The number of amides is 2. The first-order valence-electron chi connectivity index (χ1n) is 7.55. The highest BCUT2D eigenvalue weighted by Gasteiger charge is 2.14. The smallest absolute Gasteiger partial charge is 0.236 e. The molecule has 122 valence electrons. The minimum Gasteiger partial charge on any atom is -0.353 e. The van der Waals surface area contributed by atoms with Crippen LogP contribution in [0.15, 0.2) is 24.3 Å². The molecule has 0 saturated carbocycles. The maximum Gasteiger partial charge on any atom is 0.236 e. The lowest BCUT2D eigenvalue weighted by molar-refractivity contribution is -0.132. The second kappa shape index (κ2) is 8.54. The summed E-state index contributed by atoms with van der Waals surface area (Å²) in [4.78, 5) is 27.3. The predicted octanol–water partition coefficient (Wildman–Crippen LogP) is 1.41. The van der Waals surface area contributed by atoms with E-state index in [9.17, 15) is 9.59 Å². The standard InChI is InChI=1S/C17H27N3O2/c1-13(2)18-16(21)11-19(4)12-17(22)20(5)10-15-8-6-14(3)7-9-15/h6-9,13H,10-12H2,1-5H3,(H,18,21). The van der Waals surface area contributed by atoms with Crippen LogP contribution in [0.3, 0.4) is 0 Å². The third kappa shape index (κ3) is 6.72. The van der Waals surface area contributed by atoms with Gasteiger partial charge in [-0.05, 0) is 33.4 Å². The molecular weight excluding hydrogens is 278 g/mol. The SMILES string of the molecule is Cc1ccc(CN(C)C(=O)CN(C)CC(=O)NC(C)C)cc1. The summed E-state index contributed by atoms with van der Waals surface area (Å²) in [6, 6.07) is 8.24. The van der Waals surface area contributed by atoms with Gasteiger partial charge >= 0.3 is 0 Å². The second-order valence-electron chi connectivity index (χ2n) is 6.13. The number of hydrogen-bond acceptors (Lipinski definition) is 3. The van der Waals surface area contributed by atoms with Gasteiger partial charge in [0.1, 0.15) is 0 Å². The molecule has 0 bridgehead atoms. The van der Waals surface area contributed by atoms with Crippen molar-refractivity contribution in [2.75, 3.05) is 27.2 Å². The molecule has 0 radical (unpaired) electrons. The highest BCUT2D eigenvalue weighted by Crippen LogP contribution is 2.06. The Morgan fingerprint density at radius 2 is 1.68 bits per heavy atom. The molecule has 1 aromatic rings. The molecule has 0 heterocycles. The third-order valence-corrected chi connectivity index (χ3v) is 3.23. The zero-order chi connectivity index (χ0) is 16.7. The van der Waals surface area contributed by atoms with Gasteiger partial charge in [0.15, 0.2) is 0 Å². The molecule has 0 fully saturated rings. The molecule has 22 heavy (non-hydrogen) atoms. The minimum atomic E-state index is -0.0634. The van der Waals surface area contributed by atoms with Crippen LogP contribution in [0.2, 0.25) is 0 Å². The number of carbonyl (C=O) groups excluding carboxylic acids is 2. The van der Waals surface area contributed by atoms with Crippen molar-refractivity contribution in [3.8, 4) is 0 Å². The van der Waals surface area contributed by atoms with Gasteiger partial charge in [-0.3, -0.25) is 14.5 Å². The Labute approximate surface area is 133 Å². The summed E-state index contributed by atoms with van der Waals surface area (Å²) >= 11 is 0. The zero-order valence-electron chi connectivity index (χ0n) is 14.2. The molecule has 5 heteroatoms. The van der Waals surface area contributed by atoms with Crippen molar-refractivity contribution in [2.24, 2.45) is 0 Å². The molecule has 0 aliphatic carbocycles. The first-order chi connectivity index (χ1) is 10.3. The summed E-state index contributed by atoms with van der Waals surface area (Å²) in [5.41, 5.74) is 2.30. The molecule has 0 aromatic heterocycles. The maximum absolute atomic E-state index is 12.2. The van der Waals surface area contributed by atoms with Gasteiger partial charge in [-0.1, -0.05) is 29.8 Å². The minimum absolute atomic E-state index is 0.000391. The Morgan fingerprint density at radius 3 is 2.23 bits per heavy atom. The van der Waals surface area contributed by atoms with Crippen LogP contribution >= 0.6 is 0 Å². The lowest BCUT2D eigenvalue weighted by Crippen LogP contribution is -2.42. The molecule has 5 nitrogen and oxygen atoms in total. The first-order valence-corrected chi connectivity index (χ1v) is 7.55. The van der Waals surface area contributed by atoms with Crippen molar-refractivity contribution < 1.29 is 9.59 Å². The summed E-state index contributed by atoms with van der Waals surface area (Å²) in [6.07, 6.45) is 0. The molecule has 0 unspecified atom stereocenters. The van der Waals surface area contributed by atoms with E-state index in [4.69, 9.17) is 0 Å². The lowest BCUT2D eigenvalue weighted by atomic mass is 10.1. The molecule has 0 aliphatic rings. The average Bonchev–Trinajstić information content (AvgIpc) is 2.39. The Morgan fingerprint density at radius 1 is 1.09 bits per heavy atom. The fraction of sp³-hybridized carbons (Fsp3) is 0.529. The molecule has 2 amide bonds. The van der Waals surface area contributed by atoms with Crippen molar-refractivity contribution in [1.29, 1.82) is 0 Å². The molecular formula is C17H27N3O2. The summed E-state index contributed by atoms with van der Waals surface area (Å²) < 4.78 is 0. The van der Waals surface area contributed by atoms with E-state index < -0.39 is 0 Å². The summed E-state index contributed by atoms with van der Waals surface area (Å²) in [5.74, 6) is -0.0630. The van der Waals surface area contributed by atoms with Crippen molar-refractivity contribution in [2.45, 2.75) is 33.4 Å². The normalized spacial score (nSPS) is 10.9. The monoisotopic (exact) mass is 305 g/mol. The van der Waals surface area contributed by atoms with Crippen molar-refractivity contribution in [1.82, 2.24) is 15.1 Å². The molecule has 0 aliphatic heterocycles. The van der Waals surface area contributed by atoms with Gasteiger partial charge < -0.3 is 10.2 Å². The van der Waals surface area contributed by atoms with E-state index in [-0.39, 0.29) is 30.9 Å². The number of rotatable bonds is 7. The average molecular weight is 305 g/mol. The molecule has 0 atom stereocenters. The number of benzene rings is 1. The van der Waals surface area contributed by atoms with Gasteiger partial charge in [-0.2, -0.15) is 0 Å². The molecule has 1 rings (SSSR count). The predicted molar refractivity (Wildman–Crippen MR) is 88.4 cm³/mol. The number of likely N-dealkylation sites (N-methyl/N-ethyl adjacent to an activating group) is 2. The number of nitrogens with one attached hydrogen (secondary N) is 1. The van der Waals surface area contributed by atoms with Crippen LogP contribution in [0.25, 0.3) is 0 Å². The molecule has 0 spiro atoms. The van der Waals surface area contributed by atoms with E-state index in [0.717, 1.165) is 5.56 Å².